The van der Waals surface area contributed by atoms with Gasteiger partial charge in [0, 0.05) is 12.8 Å². The molecule has 9 nitrogen and oxygen atoms in total. The van der Waals surface area contributed by atoms with Crippen molar-refractivity contribution in [3.05, 3.63) is 24.3 Å². The summed E-state index contributed by atoms with van der Waals surface area (Å²) in [5, 5.41) is 0. The molecule has 0 amide bonds. The Bertz CT molecular complexity index is 1010. The predicted molar refractivity (Wildman–Crippen MR) is 231 cm³/mol. The van der Waals surface area contributed by atoms with Gasteiger partial charge in [0.15, 0.2) is 6.10 Å². The topological polar surface area (TPSA) is 111 Å². The standard InChI is InChI=1S/C46H88NO8P/c1-6-8-10-12-14-16-18-20-22-23-25-27-29-31-33-35-37-39-46(49)55-44(43-54-56(50,51)53-41-40-47(3,4)5)42-52-45(48)38-36-34-32-30-28-26-24-21-19-17-15-13-11-9-7-2/h15,17,21,24,44H,6-14,16,18-20,22-23,25-43H2,1-5H3/b17-15+,24-21+/t44-/m1/s1. The molecule has 0 N–H and O–H groups in total. The SMILES string of the molecule is CCCCC/C=C/C/C=C/CCCCCCCC(=O)OC[C@H](COP(=O)([O-])OCC[N+](C)(C)C)OC(=O)CCCCCCCCCCCCCCCCCCC. The van der Waals surface area contributed by atoms with Crippen LogP contribution in [-0.2, 0) is 32.7 Å². The molecule has 0 saturated carbocycles. The largest absolute Gasteiger partial charge is 0.756 e. The van der Waals surface area contributed by atoms with Crippen molar-refractivity contribution in [1.29, 1.82) is 0 Å². The van der Waals surface area contributed by atoms with Gasteiger partial charge in [0.2, 0.25) is 0 Å². The lowest BCUT2D eigenvalue weighted by Crippen LogP contribution is -2.37. The maximum Gasteiger partial charge on any atom is 0.306 e. The Morgan fingerprint density at radius 3 is 1.45 bits per heavy atom. The van der Waals surface area contributed by atoms with Crippen LogP contribution >= 0.6 is 7.82 Å². The summed E-state index contributed by atoms with van der Waals surface area (Å²) in [6.45, 7) is 4.21. The fraction of sp³-hybridized carbons (Fsp3) is 0.870. The van der Waals surface area contributed by atoms with E-state index in [2.05, 4.69) is 38.2 Å². The van der Waals surface area contributed by atoms with E-state index in [1.165, 1.54) is 116 Å². The molecule has 0 fully saturated rings. The van der Waals surface area contributed by atoms with E-state index in [4.69, 9.17) is 18.5 Å². The van der Waals surface area contributed by atoms with Crippen LogP contribution in [0.15, 0.2) is 24.3 Å². The van der Waals surface area contributed by atoms with Crippen LogP contribution in [0.4, 0.5) is 0 Å². The van der Waals surface area contributed by atoms with Gasteiger partial charge in [-0.1, -0.05) is 173 Å². The number of nitrogens with zero attached hydrogens (tertiary/aromatic N) is 1. The molecule has 56 heavy (non-hydrogen) atoms. The number of unbranched alkanes of at least 4 members (excludes halogenated alkanes) is 24. The third-order valence-electron chi connectivity index (χ3n) is 9.97. The van der Waals surface area contributed by atoms with Gasteiger partial charge in [-0.2, -0.15) is 0 Å². The maximum absolute atomic E-state index is 12.7. The highest BCUT2D eigenvalue weighted by Crippen LogP contribution is 2.38. The molecule has 1 unspecified atom stereocenters. The third kappa shape index (κ3) is 42.1. The van der Waals surface area contributed by atoms with Crippen molar-refractivity contribution in [3.63, 3.8) is 0 Å². The van der Waals surface area contributed by atoms with Crippen molar-refractivity contribution in [2.45, 2.75) is 213 Å². The second-order valence-corrected chi connectivity index (χ2v) is 18.2. The second-order valence-electron chi connectivity index (χ2n) is 16.8. The first-order valence-corrected chi connectivity index (χ1v) is 24.5. The number of quaternary nitrogens is 1. The Balaban J connectivity index is 4.33. The molecule has 0 radical (unpaired) electrons. The number of likely N-dealkylation sites (N-methyl/N-ethyl adjacent to an activating group) is 1. The molecule has 0 saturated heterocycles. The van der Waals surface area contributed by atoms with Gasteiger partial charge in [0.1, 0.15) is 19.8 Å². The average molecular weight is 814 g/mol. The summed E-state index contributed by atoms with van der Waals surface area (Å²) < 4.78 is 33.9. The quantitative estimate of drug-likeness (QED) is 0.0197. The summed E-state index contributed by atoms with van der Waals surface area (Å²) in [7, 11) is 1.16. The van der Waals surface area contributed by atoms with Gasteiger partial charge in [-0.05, 0) is 44.9 Å². The molecule has 330 valence electrons. The molecule has 0 aliphatic heterocycles. The predicted octanol–water partition coefficient (Wildman–Crippen LogP) is 12.5. The summed E-state index contributed by atoms with van der Waals surface area (Å²) >= 11 is 0. The van der Waals surface area contributed by atoms with Crippen LogP contribution in [0.2, 0.25) is 0 Å². The van der Waals surface area contributed by atoms with E-state index in [0.717, 1.165) is 51.4 Å². The van der Waals surface area contributed by atoms with Gasteiger partial charge in [0.05, 0.1) is 27.7 Å². The summed E-state index contributed by atoms with van der Waals surface area (Å²) in [6.07, 6.45) is 42.0. The van der Waals surface area contributed by atoms with E-state index in [0.29, 0.717) is 23.9 Å². The number of esters is 2. The van der Waals surface area contributed by atoms with Crippen LogP contribution < -0.4 is 4.89 Å². The van der Waals surface area contributed by atoms with Crippen molar-refractivity contribution < 1.29 is 42.1 Å². The highest BCUT2D eigenvalue weighted by atomic mass is 31.2. The minimum Gasteiger partial charge on any atom is -0.756 e. The van der Waals surface area contributed by atoms with Gasteiger partial charge in [0.25, 0.3) is 7.82 Å². The number of carbonyl (C=O) groups is 2. The van der Waals surface area contributed by atoms with E-state index in [1.54, 1.807) is 0 Å². The van der Waals surface area contributed by atoms with Gasteiger partial charge in [-0.25, -0.2) is 0 Å². The molecule has 0 bridgehead atoms. The molecule has 0 rings (SSSR count). The molecule has 0 spiro atoms. The number of rotatable bonds is 42. The van der Waals surface area contributed by atoms with Crippen LogP contribution in [0.1, 0.15) is 206 Å². The summed E-state index contributed by atoms with van der Waals surface area (Å²) in [5.74, 6) is -0.842. The van der Waals surface area contributed by atoms with Crippen molar-refractivity contribution in [2.24, 2.45) is 0 Å². The van der Waals surface area contributed by atoms with Gasteiger partial charge < -0.3 is 27.9 Å². The van der Waals surface area contributed by atoms with Crippen molar-refractivity contribution >= 4 is 19.8 Å². The van der Waals surface area contributed by atoms with Crippen LogP contribution in [0, 0.1) is 0 Å². The number of phosphoric acid groups is 1. The Morgan fingerprint density at radius 1 is 0.554 bits per heavy atom. The lowest BCUT2D eigenvalue weighted by atomic mass is 10.0. The molecular weight excluding hydrogens is 725 g/mol. The zero-order valence-electron chi connectivity index (χ0n) is 37.1. The first-order chi connectivity index (χ1) is 27.0. The van der Waals surface area contributed by atoms with Gasteiger partial charge in [-0.15, -0.1) is 0 Å². The number of hydrogen-bond donors (Lipinski definition) is 0. The fourth-order valence-corrected chi connectivity index (χ4v) is 7.06. The second kappa shape index (κ2) is 39.0. The number of allylic oxidation sites excluding steroid dienone is 4. The molecule has 0 aromatic rings. The fourth-order valence-electron chi connectivity index (χ4n) is 6.33. The Hall–Kier alpha value is -1.51. The molecule has 0 aromatic carbocycles. The first kappa shape index (κ1) is 54.5. The molecule has 2 atom stereocenters. The van der Waals surface area contributed by atoms with E-state index in [9.17, 15) is 19.0 Å². The van der Waals surface area contributed by atoms with E-state index >= 15 is 0 Å². The van der Waals surface area contributed by atoms with E-state index in [-0.39, 0.29) is 26.1 Å². The van der Waals surface area contributed by atoms with Crippen LogP contribution in [0.3, 0.4) is 0 Å². The number of carbonyl (C=O) groups excluding carboxylic acids is 2. The monoisotopic (exact) mass is 814 g/mol. The van der Waals surface area contributed by atoms with Crippen molar-refractivity contribution in [2.75, 3.05) is 47.5 Å². The summed E-state index contributed by atoms with van der Waals surface area (Å²) in [6, 6.07) is 0. The molecule has 0 aliphatic rings. The molecule has 0 heterocycles. The smallest absolute Gasteiger partial charge is 0.306 e. The van der Waals surface area contributed by atoms with Crippen molar-refractivity contribution in [1.82, 2.24) is 0 Å². The zero-order chi connectivity index (χ0) is 41.4. The maximum atomic E-state index is 12.7. The summed E-state index contributed by atoms with van der Waals surface area (Å²) in [5.41, 5.74) is 0. The Kier molecular flexibility index (Phi) is 37.9. The Morgan fingerprint density at radius 2 is 0.964 bits per heavy atom. The van der Waals surface area contributed by atoms with Crippen LogP contribution in [0.5, 0.6) is 0 Å². The lowest BCUT2D eigenvalue weighted by Gasteiger charge is -2.28. The minimum atomic E-state index is -4.62. The molecule has 0 aromatic heterocycles. The van der Waals surface area contributed by atoms with Crippen LogP contribution in [0.25, 0.3) is 0 Å². The number of ether oxygens (including phenoxy) is 2. The normalized spacial score (nSPS) is 13.8. The summed E-state index contributed by atoms with van der Waals surface area (Å²) in [4.78, 5) is 37.6. The van der Waals surface area contributed by atoms with E-state index < -0.39 is 32.5 Å². The average Bonchev–Trinajstić information content (AvgIpc) is 3.15. The highest BCUT2D eigenvalue weighted by Gasteiger charge is 2.21. The van der Waals surface area contributed by atoms with Gasteiger partial charge >= 0.3 is 11.9 Å². The minimum absolute atomic E-state index is 0.0312. The molecule has 10 heteroatoms. The highest BCUT2D eigenvalue weighted by molar-refractivity contribution is 7.45. The van der Waals surface area contributed by atoms with Gasteiger partial charge in [-0.3, -0.25) is 14.2 Å². The zero-order valence-corrected chi connectivity index (χ0v) is 38.0. The number of hydrogen-bond acceptors (Lipinski definition) is 8. The third-order valence-corrected chi connectivity index (χ3v) is 10.9. The Labute approximate surface area is 345 Å². The van der Waals surface area contributed by atoms with Crippen molar-refractivity contribution in [3.8, 4) is 0 Å². The van der Waals surface area contributed by atoms with Crippen LogP contribution in [-0.4, -0.2) is 70.0 Å². The lowest BCUT2D eigenvalue weighted by molar-refractivity contribution is -0.870. The van der Waals surface area contributed by atoms with E-state index in [1.807, 2.05) is 21.1 Å². The molecular formula is C46H88NO8P. The first-order valence-electron chi connectivity index (χ1n) is 23.0. The number of phosphoric ester groups is 1. The molecule has 0 aliphatic carbocycles.